The van der Waals surface area contributed by atoms with Crippen molar-refractivity contribution in [2.45, 2.75) is 12.5 Å². The summed E-state index contributed by atoms with van der Waals surface area (Å²) in [5.74, 6) is -0.318. The van der Waals surface area contributed by atoms with Crippen LogP contribution >= 0.6 is 0 Å². The number of hydroxylamine groups is 1. The number of rotatable bonds is 4. The van der Waals surface area contributed by atoms with Crippen LogP contribution < -0.4 is 9.80 Å². The van der Waals surface area contributed by atoms with Crippen LogP contribution in [0.15, 0.2) is 18.3 Å². The largest absolute Gasteiger partial charge is 0.370 e. The van der Waals surface area contributed by atoms with E-state index in [-0.39, 0.29) is 29.9 Å². The highest BCUT2D eigenvalue weighted by molar-refractivity contribution is 7.76. The number of nitrogens with zero attached hydrogens (tertiary/aromatic N) is 4. The number of amides is 2. The molecule has 2 aliphatic rings. The number of carbonyl (C=O) groups is 2. The van der Waals surface area contributed by atoms with Crippen molar-refractivity contribution < 1.29 is 28.3 Å². The molecule has 3 heterocycles. The van der Waals surface area contributed by atoms with Gasteiger partial charge in [-0.3, -0.25) is 24.2 Å². The van der Waals surface area contributed by atoms with E-state index in [1.54, 1.807) is 17.0 Å². The molecule has 11 heteroatoms. The van der Waals surface area contributed by atoms with Crippen molar-refractivity contribution in [2.75, 3.05) is 36.1 Å². The fraction of sp³-hybridized carbons (Fsp3) is 0.462. The number of ether oxygens (including phenoxy) is 1. The van der Waals surface area contributed by atoms with Gasteiger partial charge in [0.1, 0.15) is 18.5 Å². The van der Waals surface area contributed by atoms with Crippen LogP contribution in [-0.2, 0) is 25.6 Å². The van der Waals surface area contributed by atoms with Gasteiger partial charge in [0.15, 0.2) is 0 Å². The lowest BCUT2D eigenvalue weighted by Crippen LogP contribution is -2.42. The van der Waals surface area contributed by atoms with Crippen molar-refractivity contribution in [3.63, 3.8) is 0 Å². The van der Waals surface area contributed by atoms with Crippen LogP contribution in [0.4, 0.5) is 11.5 Å². The topological polar surface area (TPSA) is 124 Å². The highest BCUT2D eigenvalue weighted by atomic mass is 32.2. The first-order valence-electron chi connectivity index (χ1n) is 7.23. The predicted molar refractivity (Wildman–Crippen MR) is 82.6 cm³/mol. The molecule has 0 aliphatic carbocycles. The Hall–Kier alpha value is -1.92. The van der Waals surface area contributed by atoms with Gasteiger partial charge in [0.2, 0.25) is 5.91 Å². The molecular formula is C13H16N4O6S. The van der Waals surface area contributed by atoms with Crippen LogP contribution in [0.25, 0.3) is 0 Å². The molecule has 0 bridgehead atoms. The molecule has 2 fully saturated rings. The van der Waals surface area contributed by atoms with E-state index in [0.717, 1.165) is 0 Å². The molecule has 10 nitrogen and oxygen atoms in total. The van der Waals surface area contributed by atoms with Gasteiger partial charge in [-0.25, -0.2) is 9.19 Å². The normalized spacial score (nSPS) is 23.2. The first kappa shape index (κ1) is 16.9. The van der Waals surface area contributed by atoms with E-state index < -0.39 is 23.2 Å². The second-order valence-corrected chi connectivity index (χ2v) is 6.14. The maximum absolute atomic E-state index is 12.2. The van der Waals surface area contributed by atoms with Gasteiger partial charge in [-0.05, 0) is 18.6 Å². The van der Waals surface area contributed by atoms with E-state index in [0.29, 0.717) is 24.7 Å². The van der Waals surface area contributed by atoms with Crippen molar-refractivity contribution in [3.05, 3.63) is 18.3 Å². The molecule has 130 valence electrons. The Morgan fingerprint density at radius 2 is 2.08 bits per heavy atom. The summed E-state index contributed by atoms with van der Waals surface area (Å²) in [7, 11) is 0. The Morgan fingerprint density at radius 3 is 2.71 bits per heavy atom. The zero-order valence-corrected chi connectivity index (χ0v) is 13.4. The van der Waals surface area contributed by atoms with Crippen LogP contribution in [0.2, 0.25) is 0 Å². The Kier molecular flexibility index (Phi) is 4.87. The Morgan fingerprint density at radius 1 is 1.29 bits per heavy atom. The molecule has 24 heavy (non-hydrogen) atoms. The van der Waals surface area contributed by atoms with Gasteiger partial charge in [0, 0.05) is 13.1 Å². The smallest absolute Gasteiger partial charge is 0.259 e. The Bertz CT molecular complexity index is 669. The van der Waals surface area contributed by atoms with E-state index >= 15 is 0 Å². The summed E-state index contributed by atoms with van der Waals surface area (Å²) < 4.78 is 25.0. The lowest BCUT2D eigenvalue weighted by atomic mass is 10.3. The van der Waals surface area contributed by atoms with E-state index in [4.69, 9.17) is 9.29 Å². The minimum atomic E-state index is -2.64. The molecule has 2 N–H and O–H groups in total. The molecule has 0 aromatic carbocycles. The number of hydrogen-bond donors (Lipinski definition) is 2. The van der Waals surface area contributed by atoms with Gasteiger partial charge in [-0.1, -0.05) is 4.47 Å². The van der Waals surface area contributed by atoms with Crippen LogP contribution in [0.3, 0.4) is 0 Å². The van der Waals surface area contributed by atoms with Crippen molar-refractivity contribution in [1.29, 1.82) is 0 Å². The summed E-state index contributed by atoms with van der Waals surface area (Å²) >= 11 is -2.64. The number of aromatic nitrogens is 1. The first-order chi connectivity index (χ1) is 11.5. The first-order valence-corrected chi connectivity index (χ1v) is 8.30. The number of carbonyl (C=O) groups excluding carboxylic acids is 2. The van der Waals surface area contributed by atoms with Gasteiger partial charge in [0.05, 0.1) is 18.5 Å². The lowest BCUT2D eigenvalue weighted by Gasteiger charge is -2.27. The summed E-state index contributed by atoms with van der Waals surface area (Å²) in [6.45, 7) is 1.18. The highest BCUT2D eigenvalue weighted by Crippen LogP contribution is 2.25. The number of hydrogen-bond acceptors (Lipinski definition) is 6. The summed E-state index contributed by atoms with van der Waals surface area (Å²) in [5.41, 5.74) is 0.607. The zero-order valence-electron chi connectivity index (χ0n) is 12.6. The maximum Gasteiger partial charge on any atom is 0.259 e. The number of morpholine rings is 1. The van der Waals surface area contributed by atoms with Crippen LogP contribution in [-0.4, -0.2) is 67.6 Å². The van der Waals surface area contributed by atoms with Gasteiger partial charge in [-0.15, -0.1) is 0 Å². The molecule has 0 saturated carbocycles. The van der Waals surface area contributed by atoms with Crippen molar-refractivity contribution >= 4 is 34.6 Å². The molecule has 3 rings (SSSR count). The zero-order chi connectivity index (χ0) is 17.3. The summed E-state index contributed by atoms with van der Waals surface area (Å²) in [6, 6.07) is 2.18. The third kappa shape index (κ3) is 3.16. The van der Waals surface area contributed by atoms with Gasteiger partial charge in [0.25, 0.3) is 17.2 Å². The van der Waals surface area contributed by atoms with Crippen LogP contribution in [0.1, 0.15) is 6.42 Å². The standard InChI is InChI=1S/C13H16N4O6S/c18-12-8-23-6-5-15(12)9-1-2-11(14-7-9)16-4-3-10(13(16)19)17(20)24(21)22/h1-2,7,10,20H,3-6,8H2,(H,21,22). The fourth-order valence-corrected chi connectivity index (χ4v) is 3.11. The third-order valence-electron chi connectivity index (χ3n) is 3.91. The minimum absolute atomic E-state index is 0.0265. The number of anilines is 2. The van der Waals surface area contributed by atoms with Crippen LogP contribution in [0.5, 0.6) is 0 Å². The molecule has 2 aliphatic heterocycles. The van der Waals surface area contributed by atoms with E-state index in [1.165, 1.54) is 11.1 Å². The van der Waals surface area contributed by atoms with Crippen LogP contribution in [0, 0.1) is 0 Å². The Labute approximate surface area is 140 Å². The molecule has 2 amide bonds. The maximum atomic E-state index is 12.2. The summed E-state index contributed by atoms with van der Waals surface area (Å²) in [6.07, 6.45) is 1.69. The molecule has 1 aromatic rings. The van der Waals surface area contributed by atoms with Gasteiger partial charge in [-0.2, -0.15) is 0 Å². The minimum Gasteiger partial charge on any atom is -0.370 e. The van der Waals surface area contributed by atoms with Gasteiger partial charge < -0.3 is 9.64 Å². The average Bonchev–Trinajstić information content (AvgIpc) is 2.96. The molecule has 0 spiro atoms. The summed E-state index contributed by atoms with van der Waals surface area (Å²) in [4.78, 5) is 31.1. The van der Waals surface area contributed by atoms with Gasteiger partial charge >= 0.3 is 0 Å². The highest BCUT2D eigenvalue weighted by Gasteiger charge is 2.39. The molecule has 0 radical (unpaired) electrons. The Balaban J connectivity index is 1.73. The van der Waals surface area contributed by atoms with E-state index in [9.17, 15) is 19.0 Å². The van der Waals surface area contributed by atoms with E-state index in [2.05, 4.69) is 4.98 Å². The van der Waals surface area contributed by atoms with E-state index in [1.807, 2.05) is 0 Å². The molecule has 1 aromatic heterocycles. The predicted octanol–water partition coefficient (Wildman–Crippen LogP) is -0.622. The quantitative estimate of drug-likeness (QED) is 0.544. The number of pyridine rings is 1. The summed E-state index contributed by atoms with van der Waals surface area (Å²) in [5, 5.41) is 9.46. The fourth-order valence-electron chi connectivity index (χ4n) is 2.69. The van der Waals surface area contributed by atoms with Crippen molar-refractivity contribution in [3.8, 4) is 0 Å². The van der Waals surface area contributed by atoms with Crippen molar-refractivity contribution in [1.82, 2.24) is 9.45 Å². The third-order valence-corrected chi connectivity index (χ3v) is 4.48. The monoisotopic (exact) mass is 356 g/mol. The lowest BCUT2D eigenvalue weighted by molar-refractivity contribution is -0.129. The second kappa shape index (κ2) is 6.91. The molecular weight excluding hydrogens is 340 g/mol. The molecule has 2 atom stereocenters. The molecule has 2 unspecified atom stereocenters. The van der Waals surface area contributed by atoms with Crippen molar-refractivity contribution in [2.24, 2.45) is 0 Å². The second-order valence-electron chi connectivity index (χ2n) is 5.30. The SMILES string of the molecule is O=C1COCCN1c1ccc(N2CCC(N(O)S(=O)O)C2=O)nc1. The average molecular weight is 356 g/mol. The molecule has 2 saturated heterocycles.